The van der Waals surface area contributed by atoms with Gasteiger partial charge in [-0.15, -0.1) is 0 Å². The van der Waals surface area contributed by atoms with Crippen molar-refractivity contribution in [3.05, 3.63) is 48.0 Å². The number of nitrogens with zero attached hydrogens (tertiary/aromatic N) is 1. The fraction of sp³-hybridized carbons (Fsp3) is 0.429. The molecule has 2 aromatic rings. The van der Waals surface area contributed by atoms with Gasteiger partial charge >= 0.3 is 0 Å². The SMILES string of the molecule is O=C(NCc1ccc2ccccc2c1)[C@H]1CC(=O)N(C2CCCC2)C1. The molecule has 1 saturated heterocycles. The summed E-state index contributed by atoms with van der Waals surface area (Å²) in [7, 11) is 0. The predicted octanol–water partition coefficient (Wildman–Crippen LogP) is 3.25. The van der Waals surface area contributed by atoms with Crippen LogP contribution in [-0.4, -0.2) is 29.3 Å². The van der Waals surface area contributed by atoms with Gasteiger partial charge in [0.25, 0.3) is 0 Å². The van der Waals surface area contributed by atoms with Crippen LogP contribution in [0.3, 0.4) is 0 Å². The van der Waals surface area contributed by atoms with Gasteiger partial charge in [-0.1, -0.05) is 49.2 Å². The molecule has 2 amide bonds. The molecule has 1 atom stereocenters. The van der Waals surface area contributed by atoms with Crippen molar-refractivity contribution in [3.8, 4) is 0 Å². The van der Waals surface area contributed by atoms with Crippen molar-refractivity contribution in [2.45, 2.75) is 44.7 Å². The summed E-state index contributed by atoms with van der Waals surface area (Å²) in [4.78, 5) is 26.7. The Hall–Kier alpha value is -2.36. The lowest BCUT2D eigenvalue weighted by atomic mass is 10.1. The van der Waals surface area contributed by atoms with Crippen LogP contribution in [0, 0.1) is 5.92 Å². The number of carbonyl (C=O) groups excluding carboxylic acids is 2. The summed E-state index contributed by atoms with van der Waals surface area (Å²) >= 11 is 0. The standard InChI is InChI=1S/C21H24N2O2/c24-20-12-18(14-23(20)19-7-3-4-8-19)21(25)22-13-15-9-10-16-5-1-2-6-17(16)11-15/h1-2,5-6,9-11,18-19H,3-4,7-8,12-14H2,(H,22,25)/t18-/m0/s1. The van der Waals surface area contributed by atoms with E-state index in [9.17, 15) is 9.59 Å². The number of benzene rings is 2. The molecule has 2 fully saturated rings. The smallest absolute Gasteiger partial charge is 0.225 e. The second-order valence-electron chi connectivity index (χ2n) is 7.28. The summed E-state index contributed by atoms with van der Waals surface area (Å²) in [5, 5.41) is 5.40. The van der Waals surface area contributed by atoms with E-state index in [-0.39, 0.29) is 17.7 Å². The number of nitrogens with one attached hydrogen (secondary N) is 1. The first-order valence-electron chi connectivity index (χ1n) is 9.25. The molecule has 0 bridgehead atoms. The topological polar surface area (TPSA) is 49.4 Å². The van der Waals surface area contributed by atoms with Gasteiger partial charge in [0.1, 0.15) is 0 Å². The third-order valence-electron chi connectivity index (χ3n) is 5.58. The summed E-state index contributed by atoms with van der Waals surface area (Å²) in [6.45, 7) is 1.10. The van der Waals surface area contributed by atoms with E-state index in [4.69, 9.17) is 0 Å². The van der Waals surface area contributed by atoms with Gasteiger partial charge in [-0.25, -0.2) is 0 Å². The highest BCUT2D eigenvalue weighted by Crippen LogP contribution is 2.29. The summed E-state index contributed by atoms with van der Waals surface area (Å²) in [6, 6.07) is 14.8. The lowest BCUT2D eigenvalue weighted by molar-refractivity contribution is -0.130. The molecule has 0 spiro atoms. The third-order valence-corrected chi connectivity index (χ3v) is 5.58. The second-order valence-corrected chi connectivity index (χ2v) is 7.28. The zero-order valence-corrected chi connectivity index (χ0v) is 14.4. The normalized spacial score (nSPS) is 21.2. The van der Waals surface area contributed by atoms with Crippen molar-refractivity contribution >= 4 is 22.6 Å². The van der Waals surface area contributed by atoms with E-state index >= 15 is 0 Å². The monoisotopic (exact) mass is 336 g/mol. The number of fused-ring (bicyclic) bond motifs is 1. The highest BCUT2D eigenvalue weighted by Gasteiger charge is 2.38. The second kappa shape index (κ2) is 6.87. The van der Waals surface area contributed by atoms with Gasteiger partial charge in [-0.2, -0.15) is 0 Å². The lowest BCUT2D eigenvalue weighted by Crippen LogP contribution is -2.36. The van der Waals surface area contributed by atoms with E-state index in [1.807, 2.05) is 23.1 Å². The van der Waals surface area contributed by atoms with Gasteiger partial charge < -0.3 is 10.2 Å². The molecule has 0 aromatic heterocycles. The Kier molecular flexibility index (Phi) is 4.43. The van der Waals surface area contributed by atoms with Crippen LogP contribution in [0.15, 0.2) is 42.5 Å². The molecule has 1 aliphatic carbocycles. The molecule has 1 heterocycles. The van der Waals surface area contributed by atoms with E-state index < -0.39 is 0 Å². The molecule has 4 rings (SSSR count). The lowest BCUT2D eigenvalue weighted by Gasteiger charge is -2.23. The number of likely N-dealkylation sites (tertiary alicyclic amines) is 1. The molecule has 4 heteroatoms. The van der Waals surface area contributed by atoms with Gasteiger partial charge in [-0.05, 0) is 35.2 Å². The van der Waals surface area contributed by atoms with Crippen molar-refractivity contribution in [1.29, 1.82) is 0 Å². The van der Waals surface area contributed by atoms with Gasteiger partial charge in [0.15, 0.2) is 0 Å². The van der Waals surface area contributed by atoms with Gasteiger partial charge in [0.2, 0.25) is 11.8 Å². The van der Waals surface area contributed by atoms with Crippen LogP contribution in [0.4, 0.5) is 0 Å². The van der Waals surface area contributed by atoms with E-state index in [0.29, 0.717) is 25.6 Å². The van der Waals surface area contributed by atoms with Crippen LogP contribution in [0.25, 0.3) is 10.8 Å². The maximum absolute atomic E-state index is 12.5. The molecule has 130 valence electrons. The largest absolute Gasteiger partial charge is 0.352 e. The first-order valence-corrected chi connectivity index (χ1v) is 9.25. The molecule has 2 aromatic carbocycles. The molecule has 1 saturated carbocycles. The Balaban J connectivity index is 1.36. The number of amides is 2. The molecular formula is C21H24N2O2. The van der Waals surface area contributed by atoms with Gasteiger partial charge in [0.05, 0.1) is 5.92 Å². The van der Waals surface area contributed by atoms with Crippen molar-refractivity contribution < 1.29 is 9.59 Å². The third kappa shape index (κ3) is 3.39. The van der Waals surface area contributed by atoms with Crippen LogP contribution < -0.4 is 5.32 Å². The van der Waals surface area contributed by atoms with Crippen molar-refractivity contribution in [1.82, 2.24) is 10.2 Å². The summed E-state index contributed by atoms with van der Waals surface area (Å²) < 4.78 is 0. The Morgan fingerprint density at radius 1 is 1.08 bits per heavy atom. The van der Waals surface area contributed by atoms with Gasteiger partial charge in [-0.3, -0.25) is 9.59 Å². The highest BCUT2D eigenvalue weighted by atomic mass is 16.2. The predicted molar refractivity (Wildman–Crippen MR) is 97.9 cm³/mol. The molecular weight excluding hydrogens is 312 g/mol. The highest BCUT2D eigenvalue weighted by molar-refractivity contribution is 5.89. The number of rotatable bonds is 4. The van der Waals surface area contributed by atoms with Crippen molar-refractivity contribution in [2.24, 2.45) is 5.92 Å². The molecule has 25 heavy (non-hydrogen) atoms. The fourth-order valence-corrected chi connectivity index (χ4v) is 4.16. The number of hydrogen-bond acceptors (Lipinski definition) is 2. The minimum Gasteiger partial charge on any atom is -0.352 e. The molecule has 2 aliphatic rings. The summed E-state index contributed by atoms with van der Waals surface area (Å²) in [5.41, 5.74) is 1.09. The van der Waals surface area contributed by atoms with Crippen molar-refractivity contribution in [3.63, 3.8) is 0 Å². The molecule has 0 unspecified atom stereocenters. The van der Waals surface area contributed by atoms with E-state index in [0.717, 1.165) is 18.4 Å². The number of hydrogen-bond donors (Lipinski definition) is 1. The van der Waals surface area contributed by atoms with Crippen LogP contribution >= 0.6 is 0 Å². The Morgan fingerprint density at radius 3 is 2.64 bits per heavy atom. The van der Waals surface area contributed by atoms with E-state index in [1.165, 1.54) is 23.6 Å². The van der Waals surface area contributed by atoms with Crippen LogP contribution in [-0.2, 0) is 16.1 Å². The molecule has 4 nitrogen and oxygen atoms in total. The van der Waals surface area contributed by atoms with Gasteiger partial charge in [0, 0.05) is 25.6 Å². The average Bonchev–Trinajstić information content (AvgIpc) is 3.29. The summed E-state index contributed by atoms with van der Waals surface area (Å²) in [6.07, 6.45) is 4.95. The number of carbonyl (C=O) groups is 2. The average molecular weight is 336 g/mol. The maximum Gasteiger partial charge on any atom is 0.225 e. The van der Waals surface area contributed by atoms with Crippen LogP contribution in [0.2, 0.25) is 0 Å². The minimum absolute atomic E-state index is 0.00186. The quantitative estimate of drug-likeness (QED) is 0.932. The molecule has 1 N–H and O–H groups in total. The van der Waals surface area contributed by atoms with Crippen LogP contribution in [0.1, 0.15) is 37.7 Å². The van der Waals surface area contributed by atoms with E-state index in [1.54, 1.807) is 0 Å². The zero-order chi connectivity index (χ0) is 17.2. The summed E-state index contributed by atoms with van der Waals surface area (Å²) in [5.74, 6) is -0.0479. The molecule has 1 aliphatic heterocycles. The van der Waals surface area contributed by atoms with Crippen molar-refractivity contribution in [2.75, 3.05) is 6.54 Å². The Bertz CT molecular complexity index is 795. The first kappa shape index (κ1) is 16.1. The van der Waals surface area contributed by atoms with Crippen LogP contribution in [0.5, 0.6) is 0 Å². The molecule has 0 radical (unpaired) electrons. The maximum atomic E-state index is 12.5. The Labute approximate surface area is 148 Å². The minimum atomic E-state index is -0.200. The zero-order valence-electron chi connectivity index (χ0n) is 14.4. The fourth-order valence-electron chi connectivity index (χ4n) is 4.16. The first-order chi connectivity index (χ1) is 12.2. The van der Waals surface area contributed by atoms with E-state index in [2.05, 4.69) is 29.6 Å². The Morgan fingerprint density at radius 2 is 1.84 bits per heavy atom.